The van der Waals surface area contributed by atoms with Crippen LogP contribution in [0.25, 0.3) is 11.0 Å². The van der Waals surface area contributed by atoms with Crippen LogP contribution in [0.3, 0.4) is 0 Å². The van der Waals surface area contributed by atoms with Gasteiger partial charge in [0.15, 0.2) is 0 Å². The molecule has 1 aromatic heterocycles. The van der Waals surface area contributed by atoms with Gasteiger partial charge in [-0.25, -0.2) is 5.43 Å². The van der Waals surface area contributed by atoms with Crippen LogP contribution < -0.4 is 5.43 Å². The van der Waals surface area contributed by atoms with Gasteiger partial charge in [-0.2, -0.15) is 5.10 Å². The van der Waals surface area contributed by atoms with Gasteiger partial charge in [0, 0.05) is 11.6 Å². The number of fused-ring (bicyclic) bond motifs is 1. The summed E-state index contributed by atoms with van der Waals surface area (Å²) in [6, 6.07) is 7.00. The van der Waals surface area contributed by atoms with Gasteiger partial charge < -0.3 is 19.7 Å². The molecule has 0 aliphatic carbocycles. The fourth-order valence-corrected chi connectivity index (χ4v) is 2.31. The molecule has 0 aliphatic heterocycles. The van der Waals surface area contributed by atoms with Crippen LogP contribution in [0, 0.1) is 6.92 Å². The highest BCUT2D eigenvalue weighted by molar-refractivity contribution is 6.03. The lowest BCUT2D eigenvalue weighted by Crippen LogP contribution is -2.17. The number of rotatable bonds is 3. The summed E-state index contributed by atoms with van der Waals surface area (Å²) >= 11 is 0. The lowest BCUT2D eigenvalue weighted by molar-refractivity contribution is 0.0952. The summed E-state index contributed by atoms with van der Waals surface area (Å²) in [4.78, 5) is 12.2. The summed E-state index contributed by atoms with van der Waals surface area (Å²) in [5.74, 6) is -1.04. The van der Waals surface area contributed by atoms with Crippen LogP contribution in [0.1, 0.15) is 21.5 Å². The highest BCUT2D eigenvalue weighted by atomic mass is 16.3. The second kappa shape index (κ2) is 5.96. The topological polar surface area (TPSA) is 115 Å². The number of aromatic hydroxyl groups is 3. The molecule has 0 radical (unpaired) electrons. The number of aryl methyl sites for hydroxylation is 1. The van der Waals surface area contributed by atoms with Crippen molar-refractivity contribution in [2.24, 2.45) is 5.10 Å². The average Bonchev–Trinajstić information content (AvgIpc) is 2.92. The minimum Gasteiger partial charge on any atom is -0.508 e. The van der Waals surface area contributed by atoms with Gasteiger partial charge >= 0.3 is 0 Å². The Bertz CT molecular complexity index is 959. The van der Waals surface area contributed by atoms with Gasteiger partial charge in [-0.15, -0.1) is 0 Å². The molecule has 0 bridgehead atoms. The van der Waals surface area contributed by atoms with E-state index in [9.17, 15) is 20.1 Å². The number of nitrogens with zero attached hydrogens (tertiary/aromatic N) is 1. The van der Waals surface area contributed by atoms with Crippen molar-refractivity contribution in [1.82, 2.24) is 5.43 Å². The SMILES string of the molecule is Cc1coc2ccc(C(=O)NN=Cc3ccc(O)cc3O)c(O)c12. The highest BCUT2D eigenvalue weighted by Gasteiger charge is 2.16. The maximum Gasteiger partial charge on any atom is 0.275 e. The number of carbonyl (C=O) groups excluding carboxylic acids is 1. The van der Waals surface area contributed by atoms with E-state index in [1.165, 1.54) is 30.7 Å². The first kappa shape index (κ1) is 15.4. The molecule has 3 aromatic rings. The minimum atomic E-state index is -0.607. The molecule has 0 atom stereocenters. The molecule has 0 fully saturated rings. The number of phenols is 3. The van der Waals surface area contributed by atoms with E-state index in [0.29, 0.717) is 16.5 Å². The maximum atomic E-state index is 12.2. The van der Waals surface area contributed by atoms with Crippen molar-refractivity contribution in [3.05, 3.63) is 53.3 Å². The number of benzene rings is 2. The van der Waals surface area contributed by atoms with Crippen LogP contribution in [0.2, 0.25) is 0 Å². The number of phenolic OH excluding ortho intramolecular Hbond substituents is 3. The van der Waals surface area contributed by atoms with Gasteiger partial charge in [-0.05, 0) is 36.8 Å². The molecule has 1 heterocycles. The van der Waals surface area contributed by atoms with E-state index in [1.54, 1.807) is 13.0 Å². The molecule has 0 aliphatic rings. The first-order chi connectivity index (χ1) is 11.5. The van der Waals surface area contributed by atoms with Crippen molar-refractivity contribution in [2.75, 3.05) is 0 Å². The van der Waals surface area contributed by atoms with Crippen molar-refractivity contribution in [3.8, 4) is 17.2 Å². The standard InChI is InChI=1S/C17H14N2O5/c1-9-8-24-14-5-4-12(16(22)15(9)14)17(23)19-18-7-10-2-3-11(20)6-13(10)21/h2-8,20-22H,1H3,(H,19,23). The molecule has 4 N–H and O–H groups in total. The Morgan fingerprint density at radius 2 is 2.00 bits per heavy atom. The maximum absolute atomic E-state index is 12.2. The van der Waals surface area contributed by atoms with Gasteiger partial charge in [0.2, 0.25) is 0 Å². The molecule has 1 amide bonds. The molecular weight excluding hydrogens is 312 g/mol. The van der Waals surface area contributed by atoms with Gasteiger partial charge in [-0.1, -0.05) is 0 Å². The molecule has 24 heavy (non-hydrogen) atoms. The molecule has 2 aromatic carbocycles. The molecule has 0 spiro atoms. The number of hydrogen-bond donors (Lipinski definition) is 4. The van der Waals surface area contributed by atoms with E-state index in [0.717, 1.165) is 11.6 Å². The van der Waals surface area contributed by atoms with Crippen LogP contribution in [0.4, 0.5) is 0 Å². The van der Waals surface area contributed by atoms with Crippen molar-refractivity contribution in [3.63, 3.8) is 0 Å². The summed E-state index contributed by atoms with van der Waals surface area (Å²) in [6.45, 7) is 1.76. The third-order valence-corrected chi connectivity index (χ3v) is 3.53. The number of nitrogens with one attached hydrogen (secondary N) is 1. The molecule has 0 unspecified atom stereocenters. The fourth-order valence-electron chi connectivity index (χ4n) is 2.31. The lowest BCUT2D eigenvalue weighted by atomic mass is 10.1. The summed E-state index contributed by atoms with van der Waals surface area (Å²) in [5, 5.41) is 33.3. The summed E-state index contributed by atoms with van der Waals surface area (Å²) in [5.41, 5.74) is 3.85. The van der Waals surface area contributed by atoms with Gasteiger partial charge in [-0.3, -0.25) is 4.79 Å². The van der Waals surface area contributed by atoms with Crippen LogP contribution in [-0.4, -0.2) is 27.4 Å². The van der Waals surface area contributed by atoms with E-state index < -0.39 is 5.91 Å². The van der Waals surface area contributed by atoms with E-state index >= 15 is 0 Å². The first-order valence-electron chi connectivity index (χ1n) is 7.02. The lowest BCUT2D eigenvalue weighted by Gasteiger charge is -2.04. The van der Waals surface area contributed by atoms with Gasteiger partial charge in [0.1, 0.15) is 22.8 Å². The minimum absolute atomic E-state index is 0.0547. The van der Waals surface area contributed by atoms with Crippen LogP contribution in [0.15, 0.2) is 46.1 Å². The molecule has 3 rings (SSSR count). The first-order valence-corrected chi connectivity index (χ1v) is 7.02. The number of hydrazone groups is 1. The Kier molecular flexibility index (Phi) is 3.83. The summed E-state index contributed by atoms with van der Waals surface area (Å²) in [7, 11) is 0. The Morgan fingerprint density at radius 1 is 1.21 bits per heavy atom. The Labute approximate surface area is 136 Å². The second-order valence-corrected chi connectivity index (χ2v) is 5.20. The zero-order valence-electron chi connectivity index (χ0n) is 12.6. The van der Waals surface area contributed by atoms with Crippen LogP contribution >= 0.6 is 0 Å². The largest absolute Gasteiger partial charge is 0.508 e. The predicted molar refractivity (Wildman–Crippen MR) is 87.4 cm³/mol. The van der Waals surface area contributed by atoms with Crippen LogP contribution in [0.5, 0.6) is 17.2 Å². The van der Waals surface area contributed by atoms with E-state index in [4.69, 9.17) is 4.42 Å². The molecular formula is C17H14N2O5. The Morgan fingerprint density at radius 3 is 2.75 bits per heavy atom. The third kappa shape index (κ3) is 2.74. The smallest absolute Gasteiger partial charge is 0.275 e. The van der Waals surface area contributed by atoms with Crippen molar-refractivity contribution in [1.29, 1.82) is 0 Å². The van der Waals surface area contributed by atoms with Gasteiger partial charge in [0.25, 0.3) is 5.91 Å². The zero-order valence-corrected chi connectivity index (χ0v) is 12.6. The fraction of sp³-hybridized carbons (Fsp3) is 0.0588. The Hall–Kier alpha value is -3.48. The monoisotopic (exact) mass is 326 g/mol. The van der Waals surface area contributed by atoms with Gasteiger partial charge in [0.05, 0.1) is 23.4 Å². The third-order valence-electron chi connectivity index (χ3n) is 3.53. The normalized spacial score (nSPS) is 11.2. The number of carbonyl (C=O) groups is 1. The molecule has 7 heteroatoms. The van der Waals surface area contributed by atoms with Crippen molar-refractivity contribution < 1.29 is 24.5 Å². The summed E-state index contributed by atoms with van der Waals surface area (Å²) in [6.07, 6.45) is 2.73. The van der Waals surface area contributed by atoms with E-state index in [1.807, 2.05) is 0 Å². The molecule has 0 saturated carbocycles. The Balaban J connectivity index is 1.81. The average molecular weight is 326 g/mol. The van der Waals surface area contributed by atoms with Crippen molar-refractivity contribution >= 4 is 23.1 Å². The van der Waals surface area contributed by atoms with Crippen LogP contribution in [-0.2, 0) is 0 Å². The summed E-state index contributed by atoms with van der Waals surface area (Å²) < 4.78 is 5.26. The number of furan rings is 1. The molecule has 0 saturated heterocycles. The number of amides is 1. The quantitative estimate of drug-likeness (QED) is 0.436. The number of hydrogen-bond acceptors (Lipinski definition) is 6. The zero-order chi connectivity index (χ0) is 17.3. The van der Waals surface area contributed by atoms with E-state index in [-0.39, 0.29) is 22.8 Å². The van der Waals surface area contributed by atoms with E-state index in [2.05, 4.69) is 10.5 Å². The second-order valence-electron chi connectivity index (χ2n) is 5.20. The predicted octanol–water partition coefficient (Wildman–Crippen LogP) is 2.62. The molecule has 122 valence electrons. The van der Waals surface area contributed by atoms with Crippen molar-refractivity contribution in [2.45, 2.75) is 6.92 Å². The molecule has 7 nitrogen and oxygen atoms in total. The highest BCUT2D eigenvalue weighted by Crippen LogP contribution is 2.32.